The third kappa shape index (κ3) is 5.73. The maximum absolute atomic E-state index is 13.0. The van der Waals surface area contributed by atoms with Gasteiger partial charge in [0.05, 0.1) is 11.6 Å². The van der Waals surface area contributed by atoms with E-state index in [4.69, 9.17) is 21.1 Å². The summed E-state index contributed by atoms with van der Waals surface area (Å²) in [4.78, 5) is 25.2. The number of rotatable bonds is 7. The lowest BCUT2D eigenvalue weighted by Crippen LogP contribution is -2.45. The highest BCUT2D eigenvalue weighted by Crippen LogP contribution is 2.30. The molecule has 0 bridgehead atoms. The van der Waals surface area contributed by atoms with Gasteiger partial charge in [0.1, 0.15) is 19.0 Å². The van der Waals surface area contributed by atoms with Crippen LogP contribution in [0.15, 0.2) is 90.1 Å². The van der Waals surface area contributed by atoms with Crippen LogP contribution in [0.4, 0.5) is 4.79 Å². The minimum absolute atomic E-state index is 0.139. The molecule has 1 aliphatic heterocycles. The predicted molar refractivity (Wildman–Crippen MR) is 126 cm³/mol. The van der Waals surface area contributed by atoms with Crippen LogP contribution in [0.2, 0.25) is 5.02 Å². The van der Waals surface area contributed by atoms with Crippen molar-refractivity contribution in [3.8, 4) is 5.75 Å². The average molecular weight is 463 g/mol. The van der Waals surface area contributed by atoms with Crippen molar-refractivity contribution in [2.75, 3.05) is 0 Å². The van der Waals surface area contributed by atoms with E-state index in [0.717, 1.165) is 11.1 Å². The SMILES string of the molecule is CC1=C(C(=O)OCc2ccccc2)C(c2cccc(OCc3cccc(Cl)c3)c2)NC(=O)N1. The molecule has 0 fully saturated rings. The van der Waals surface area contributed by atoms with Gasteiger partial charge in [-0.05, 0) is 47.9 Å². The fourth-order valence-electron chi connectivity index (χ4n) is 3.59. The molecule has 6 nitrogen and oxygen atoms in total. The Morgan fingerprint density at radius 2 is 1.70 bits per heavy atom. The zero-order valence-corrected chi connectivity index (χ0v) is 18.8. The van der Waals surface area contributed by atoms with E-state index in [1.807, 2.05) is 66.7 Å². The van der Waals surface area contributed by atoms with Crippen molar-refractivity contribution in [2.45, 2.75) is 26.2 Å². The Bertz CT molecular complexity index is 1190. The zero-order valence-electron chi connectivity index (χ0n) is 18.0. The summed E-state index contributed by atoms with van der Waals surface area (Å²) in [6.07, 6.45) is 0. The van der Waals surface area contributed by atoms with Crippen molar-refractivity contribution in [1.29, 1.82) is 0 Å². The molecule has 1 unspecified atom stereocenters. The Balaban J connectivity index is 1.52. The van der Waals surface area contributed by atoms with Gasteiger partial charge in [0, 0.05) is 10.7 Å². The second-order valence-electron chi connectivity index (χ2n) is 7.62. The summed E-state index contributed by atoms with van der Waals surface area (Å²) >= 11 is 6.04. The number of hydrogen-bond acceptors (Lipinski definition) is 4. The molecule has 1 atom stereocenters. The number of benzene rings is 3. The van der Waals surface area contributed by atoms with E-state index in [1.54, 1.807) is 19.1 Å². The minimum Gasteiger partial charge on any atom is -0.489 e. The van der Waals surface area contributed by atoms with Crippen LogP contribution in [-0.4, -0.2) is 12.0 Å². The number of carbonyl (C=O) groups is 2. The maximum atomic E-state index is 13.0. The van der Waals surface area contributed by atoms with Crippen molar-refractivity contribution >= 4 is 23.6 Å². The molecule has 168 valence electrons. The lowest BCUT2D eigenvalue weighted by molar-refractivity contribution is -0.140. The topological polar surface area (TPSA) is 76.7 Å². The van der Waals surface area contributed by atoms with Crippen molar-refractivity contribution < 1.29 is 19.1 Å². The highest BCUT2D eigenvalue weighted by Gasteiger charge is 2.32. The summed E-state index contributed by atoms with van der Waals surface area (Å²) in [5.41, 5.74) is 3.32. The van der Waals surface area contributed by atoms with E-state index in [2.05, 4.69) is 10.6 Å². The second-order valence-corrected chi connectivity index (χ2v) is 8.06. The molecule has 7 heteroatoms. The number of urea groups is 1. The van der Waals surface area contributed by atoms with Crippen LogP contribution in [0.25, 0.3) is 0 Å². The number of carbonyl (C=O) groups excluding carboxylic acids is 2. The van der Waals surface area contributed by atoms with Gasteiger partial charge in [-0.1, -0.05) is 66.2 Å². The Kier molecular flexibility index (Phi) is 6.95. The number of nitrogens with one attached hydrogen (secondary N) is 2. The molecular weight excluding hydrogens is 440 g/mol. The molecule has 4 rings (SSSR count). The highest BCUT2D eigenvalue weighted by atomic mass is 35.5. The largest absolute Gasteiger partial charge is 0.489 e. The van der Waals surface area contributed by atoms with Crippen LogP contribution in [0.5, 0.6) is 5.75 Å². The van der Waals surface area contributed by atoms with Crippen LogP contribution >= 0.6 is 11.6 Å². The molecule has 0 aliphatic carbocycles. The third-order valence-electron chi connectivity index (χ3n) is 5.19. The number of esters is 1. The van der Waals surface area contributed by atoms with Crippen molar-refractivity contribution in [2.24, 2.45) is 0 Å². The number of halogens is 1. The smallest absolute Gasteiger partial charge is 0.338 e. The van der Waals surface area contributed by atoms with Gasteiger partial charge in [0.15, 0.2) is 0 Å². The number of ether oxygens (including phenoxy) is 2. The van der Waals surface area contributed by atoms with Crippen LogP contribution in [0.3, 0.4) is 0 Å². The van der Waals surface area contributed by atoms with Gasteiger partial charge in [-0.2, -0.15) is 0 Å². The van der Waals surface area contributed by atoms with Gasteiger partial charge in [0.25, 0.3) is 0 Å². The lowest BCUT2D eigenvalue weighted by atomic mass is 9.95. The van der Waals surface area contributed by atoms with Crippen LogP contribution in [0.1, 0.15) is 29.7 Å². The number of allylic oxidation sites excluding steroid dienone is 1. The molecule has 2 N–H and O–H groups in total. The van der Waals surface area contributed by atoms with Gasteiger partial charge in [-0.15, -0.1) is 0 Å². The van der Waals surface area contributed by atoms with Crippen molar-refractivity contribution in [3.63, 3.8) is 0 Å². The van der Waals surface area contributed by atoms with Gasteiger partial charge in [-0.25, -0.2) is 9.59 Å². The molecule has 3 aromatic carbocycles. The van der Waals surface area contributed by atoms with Gasteiger partial charge >= 0.3 is 12.0 Å². The van der Waals surface area contributed by atoms with Crippen LogP contribution < -0.4 is 15.4 Å². The summed E-state index contributed by atoms with van der Waals surface area (Å²) in [7, 11) is 0. The van der Waals surface area contributed by atoms with Gasteiger partial charge < -0.3 is 20.1 Å². The van der Waals surface area contributed by atoms with E-state index in [0.29, 0.717) is 34.2 Å². The molecule has 0 spiro atoms. The Morgan fingerprint density at radius 3 is 2.48 bits per heavy atom. The summed E-state index contributed by atoms with van der Waals surface area (Å²) in [5, 5.41) is 6.12. The molecule has 3 aromatic rings. The quantitative estimate of drug-likeness (QED) is 0.468. The fraction of sp³-hybridized carbons (Fsp3) is 0.154. The average Bonchev–Trinajstić information content (AvgIpc) is 2.82. The molecule has 0 radical (unpaired) electrons. The molecule has 0 aromatic heterocycles. The predicted octanol–water partition coefficient (Wildman–Crippen LogP) is 5.29. The van der Waals surface area contributed by atoms with Crippen molar-refractivity contribution in [1.82, 2.24) is 10.6 Å². The minimum atomic E-state index is -0.670. The lowest BCUT2D eigenvalue weighted by Gasteiger charge is -2.28. The van der Waals surface area contributed by atoms with E-state index < -0.39 is 12.0 Å². The normalized spacial score (nSPS) is 15.5. The van der Waals surface area contributed by atoms with Crippen LogP contribution in [0, 0.1) is 0 Å². The number of amides is 2. The highest BCUT2D eigenvalue weighted by molar-refractivity contribution is 6.30. The summed E-state index contributed by atoms with van der Waals surface area (Å²) in [6, 6.07) is 23.1. The summed E-state index contributed by atoms with van der Waals surface area (Å²) in [6.45, 7) is 2.16. The van der Waals surface area contributed by atoms with Gasteiger partial charge in [-0.3, -0.25) is 0 Å². The van der Waals surface area contributed by atoms with E-state index in [-0.39, 0.29) is 12.6 Å². The monoisotopic (exact) mass is 462 g/mol. The van der Waals surface area contributed by atoms with Crippen molar-refractivity contribution in [3.05, 3.63) is 112 Å². The first-order valence-corrected chi connectivity index (χ1v) is 10.8. The second kappa shape index (κ2) is 10.2. The van der Waals surface area contributed by atoms with E-state index in [9.17, 15) is 9.59 Å². The molecule has 33 heavy (non-hydrogen) atoms. The first-order chi connectivity index (χ1) is 16.0. The molecule has 1 aliphatic rings. The molecule has 0 saturated carbocycles. The molecule has 2 amide bonds. The van der Waals surface area contributed by atoms with Crippen LogP contribution in [-0.2, 0) is 22.7 Å². The van der Waals surface area contributed by atoms with E-state index in [1.165, 1.54) is 0 Å². The molecule has 1 heterocycles. The Labute approximate surface area is 197 Å². The molecular formula is C26H23ClN2O4. The third-order valence-corrected chi connectivity index (χ3v) is 5.42. The number of hydrogen-bond donors (Lipinski definition) is 2. The van der Waals surface area contributed by atoms with E-state index >= 15 is 0 Å². The zero-order chi connectivity index (χ0) is 23.2. The first-order valence-electron chi connectivity index (χ1n) is 10.5. The molecule has 0 saturated heterocycles. The maximum Gasteiger partial charge on any atom is 0.338 e. The standard InChI is InChI=1S/C26H23ClN2O4/c1-17-23(25(30)33-15-18-7-3-2-4-8-18)24(29-26(31)28-17)20-10-6-12-22(14-20)32-16-19-9-5-11-21(27)13-19/h2-14,24H,15-16H2,1H3,(H2,28,29,31). The first kappa shape index (κ1) is 22.4. The summed E-state index contributed by atoms with van der Waals surface area (Å²) in [5.74, 6) is 0.106. The Hall–Kier alpha value is -3.77. The fourth-order valence-corrected chi connectivity index (χ4v) is 3.81. The Morgan fingerprint density at radius 1 is 0.939 bits per heavy atom. The summed E-state index contributed by atoms with van der Waals surface area (Å²) < 4.78 is 11.5. The van der Waals surface area contributed by atoms with Gasteiger partial charge in [0.2, 0.25) is 0 Å².